The summed E-state index contributed by atoms with van der Waals surface area (Å²) < 4.78 is 37.9. The minimum Gasteiger partial charge on any atom is -0.454 e. The lowest BCUT2D eigenvalue weighted by molar-refractivity contribution is 0.173. The normalized spacial score (nSPS) is 18.0. The van der Waals surface area contributed by atoms with Crippen molar-refractivity contribution in [1.29, 1.82) is 0 Å². The fraction of sp³-hybridized carbons (Fsp3) is 0.368. The van der Waals surface area contributed by atoms with E-state index in [1.807, 2.05) is 35.5 Å². The van der Waals surface area contributed by atoms with Gasteiger partial charge in [0, 0.05) is 32.7 Å². The molecule has 2 aromatic carbocycles. The topological polar surface area (TPSA) is 59.1 Å². The summed E-state index contributed by atoms with van der Waals surface area (Å²) in [4.78, 5) is 2.69. The van der Waals surface area contributed by atoms with Crippen LogP contribution in [0.25, 0.3) is 0 Å². The SMILES string of the molecule is Cc1ccc(S(=O)(=O)SN2CCN(Cc3ccc4c(c3)OCO4)CC2)cc1. The average molecular weight is 407 g/mol. The van der Waals surface area contributed by atoms with Gasteiger partial charge in [-0.1, -0.05) is 23.8 Å². The predicted octanol–water partition coefficient (Wildman–Crippen LogP) is 2.88. The number of aryl methyl sites for hydroxylation is 1. The number of rotatable bonds is 5. The van der Waals surface area contributed by atoms with Gasteiger partial charge in [-0.3, -0.25) is 4.90 Å². The first-order chi connectivity index (χ1) is 13.0. The molecule has 1 saturated heterocycles. The highest BCUT2D eigenvalue weighted by molar-refractivity contribution is 8.71. The summed E-state index contributed by atoms with van der Waals surface area (Å²) in [6, 6.07) is 13.0. The monoisotopic (exact) mass is 406 g/mol. The van der Waals surface area contributed by atoms with E-state index in [9.17, 15) is 8.42 Å². The van der Waals surface area contributed by atoms with Crippen LogP contribution in [0, 0.1) is 6.92 Å². The first kappa shape index (κ1) is 18.6. The van der Waals surface area contributed by atoms with Crippen LogP contribution in [-0.4, -0.2) is 50.6 Å². The number of nitrogens with zero attached hydrogens (tertiary/aromatic N) is 2. The Bertz CT molecular complexity index is 908. The molecule has 0 atom stereocenters. The third kappa shape index (κ3) is 4.40. The Morgan fingerprint density at radius 3 is 2.41 bits per heavy atom. The molecule has 0 N–H and O–H groups in total. The van der Waals surface area contributed by atoms with Crippen molar-refractivity contribution in [2.24, 2.45) is 0 Å². The van der Waals surface area contributed by atoms with Crippen molar-refractivity contribution in [2.75, 3.05) is 33.0 Å². The molecule has 27 heavy (non-hydrogen) atoms. The third-order valence-corrected chi connectivity index (χ3v) is 8.11. The van der Waals surface area contributed by atoms with Crippen LogP contribution < -0.4 is 9.47 Å². The van der Waals surface area contributed by atoms with E-state index in [2.05, 4.69) is 11.0 Å². The summed E-state index contributed by atoms with van der Waals surface area (Å²) in [5.74, 6) is 1.59. The van der Waals surface area contributed by atoms with Gasteiger partial charge in [0.05, 0.1) is 15.9 Å². The summed E-state index contributed by atoms with van der Waals surface area (Å²) in [5.41, 5.74) is 2.23. The molecule has 144 valence electrons. The molecule has 6 nitrogen and oxygen atoms in total. The van der Waals surface area contributed by atoms with Crippen LogP contribution in [0.2, 0.25) is 0 Å². The van der Waals surface area contributed by atoms with Crippen LogP contribution in [0.5, 0.6) is 11.5 Å². The molecule has 8 heteroatoms. The Kier molecular flexibility index (Phi) is 5.32. The minimum atomic E-state index is -3.37. The van der Waals surface area contributed by atoms with Crippen molar-refractivity contribution < 1.29 is 17.9 Å². The maximum atomic E-state index is 12.6. The summed E-state index contributed by atoms with van der Waals surface area (Å²) in [6.45, 7) is 6.11. The van der Waals surface area contributed by atoms with Gasteiger partial charge in [-0.2, -0.15) is 0 Å². The highest BCUT2D eigenvalue weighted by atomic mass is 33.1. The molecule has 0 aliphatic carbocycles. The zero-order valence-corrected chi connectivity index (χ0v) is 16.8. The quantitative estimate of drug-likeness (QED) is 0.559. The Labute approximate surface area is 163 Å². The molecule has 0 unspecified atom stereocenters. The molecule has 1 fully saturated rings. The molecule has 4 rings (SSSR count). The predicted molar refractivity (Wildman–Crippen MR) is 105 cm³/mol. The van der Waals surface area contributed by atoms with E-state index in [0.717, 1.165) is 47.7 Å². The van der Waals surface area contributed by atoms with E-state index >= 15 is 0 Å². The molecule has 0 bridgehead atoms. The van der Waals surface area contributed by atoms with E-state index < -0.39 is 8.87 Å². The van der Waals surface area contributed by atoms with Crippen LogP contribution in [-0.2, 0) is 15.4 Å². The van der Waals surface area contributed by atoms with Gasteiger partial charge in [0.15, 0.2) is 11.5 Å². The number of piperazine rings is 1. The molecule has 2 aromatic rings. The molecule has 0 spiro atoms. The maximum absolute atomic E-state index is 12.6. The highest BCUT2D eigenvalue weighted by Gasteiger charge is 2.25. The van der Waals surface area contributed by atoms with Crippen molar-refractivity contribution in [3.8, 4) is 11.5 Å². The first-order valence-electron chi connectivity index (χ1n) is 8.87. The average Bonchev–Trinajstić information content (AvgIpc) is 3.11. The molecule has 2 aliphatic rings. The lowest BCUT2D eigenvalue weighted by atomic mass is 10.2. The smallest absolute Gasteiger partial charge is 0.244 e. The van der Waals surface area contributed by atoms with Gasteiger partial charge < -0.3 is 9.47 Å². The zero-order chi connectivity index (χ0) is 18.9. The second-order valence-corrected chi connectivity index (χ2v) is 10.5. The van der Waals surface area contributed by atoms with E-state index in [1.165, 1.54) is 5.56 Å². The minimum absolute atomic E-state index is 0.282. The number of hydrogen-bond acceptors (Lipinski definition) is 7. The van der Waals surface area contributed by atoms with E-state index in [4.69, 9.17) is 9.47 Å². The standard InChI is InChI=1S/C19H22N2O4S2/c1-15-2-5-17(6-3-15)27(22,23)26-21-10-8-20(9-11-21)13-16-4-7-18-19(12-16)25-14-24-18/h2-7,12H,8-11,13-14H2,1H3. The van der Waals surface area contributed by atoms with Crippen molar-refractivity contribution in [1.82, 2.24) is 9.21 Å². The molecular formula is C19H22N2O4S2. The van der Waals surface area contributed by atoms with Crippen molar-refractivity contribution in [2.45, 2.75) is 18.4 Å². The summed E-state index contributed by atoms with van der Waals surface area (Å²) >= 11 is 0. The van der Waals surface area contributed by atoms with E-state index in [-0.39, 0.29) is 6.79 Å². The summed E-state index contributed by atoms with van der Waals surface area (Å²) in [6.07, 6.45) is 0. The molecular weight excluding hydrogens is 384 g/mol. The molecule has 0 amide bonds. The second kappa shape index (κ2) is 7.71. The van der Waals surface area contributed by atoms with Gasteiger partial charge in [0.2, 0.25) is 15.7 Å². The Hall–Kier alpha value is -1.74. The summed E-state index contributed by atoms with van der Waals surface area (Å²) in [7, 11) is -2.42. The molecule has 0 saturated carbocycles. The van der Waals surface area contributed by atoms with Gasteiger partial charge >= 0.3 is 0 Å². The van der Waals surface area contributed by atoms with Crippen LogP contribution in [0.4, 0.5) is 0 Å². The molecule has 0 radical (unpaired) electrons. The van der Waals surface area contributed by atoms with Gasteiger partial charge in [-0.05, 0) is 36.8 Å². The maximum Gasteiger partial charge on any atom is 0.244 e. The van der Waals surface area contributed by atoms with Crippen LogP contribution in [0.3, 0.4) is 0 Å². The van der Waals surface area contributed by atoms with E-state index in [0.29, 0.717) is 18.0 Å². The number of benzene rings is 2. The highest BCUT2D eigenvalue weighted by Crippen LogP contribution is 2.33. The lowest BCUT2D eigenvalue weighted by Gasteiger charge is -2.33. The zero-order valence-electron chi connectivity index (χ0n) is 15.1. The van der Waals surface area contributed by atoms with Crippen LogP contribution in [0.15, 0.2) is 47.4 Å². The number of fused-ring (bicyclic) bond motifs is 1. The van der Waals surface area contributed by atoms with Gasteiger partial charge in [0.25, 0.3) is 0 Å². The molecule has 2 heterocycles. The number of hydrogen-bond donors (Lipinski definition) is 0. The van der Waals surface area contributed by atoms with Gasteiger partial charge in [0.1, 0.15) is 0 Å². The van der Waals surface area contributed by atoms with Crippen molar-refractivity contribution in [3.63, 3.8) is 0 Å². The van der Waals surface area contributed by atoms with Crippen LogP contribution >= 0.6 is 11.0 Å². The fourth-order valence-electron chi connectivity index (χ4n) is 3.15. The Balaban J connectivity index is 1.31. The first-order valence-corrected chi connectivity index (χ1v) is 11.6. The Morgan fingerprint density at radius 2 is 1.67 bits per heavy atom. The van der Waals surface area contributed by atoms with Crippen molar-refractivity contribution in [3.05, 3.63) is 53.6 Å². The van der Waals surface area contributed by atoms with Crippen molar-refractivity contribution >= 4 is 19.8 Å². The second-order valence-electron chi connectivity index (χ2n) is 6.73. The Morgan fingerprint density at radius 1 is 0.963 bits per heavy atom. The number of ether oxygens (including phenoxy) is 2. The largest absolute Gasteiger partial charge is 0.454 e. The van der Waals surface area contributed by atoms with Gasteiger partial charge in [-0.15, -0.1) is 0 Å². The third-order valence-electron chi connectivity index (χ3n) is 4.69. The fourth-order valence-corrected chi connectivity index (χ4v) is 6.16. The van der Waals surface area contributed by atoms with Gasteiger partial charge in [-0.25, -0.2) is 12.7 Å². The molecule has 2 aliphatic heterocycles. The molecule has 0 aromatic heterocycles. The summed E-state index contributed by atoms with van der Waals surface area (Å²) in [5, 5.41) is 0. The van der Waals surface area contributed by atoms with E-state index in [1.54, 1.807) is 12.1 Å². The van der Waals surface area contributed by atoms with Crippen LogP contribution in [0.1, 0.15) is 11.1 Å². The lowest BCUT2D eigenvalue weighted by Crippen LogP contribution is -2.43.